The van der Waals surface area contributed by atoms with Crippen LogP contribution in [0, 0.1) is 5.92 Å². The molecule has 2 aromatic rings. The number of nitrogens with one attached hydrogen (secondary N) is 3. The van der Waals surface area contributed by atoms with Crippen molar-refractivity contribution in [3.63, 3.8) is 0 Å². The molecule has 1 aromatic heterocycles. The third kappa shape index (κ3) is 7.27. The minimum atomic E-state index is -0.783. The van der Waals surface area contributed by atoms with Gasteiger partial charge in [-0.1, -0.05) is 36.6 Å². The van der Waals surface area contributed by atoms with Gasteiger partial charge in [0.05, 0.1) is 35.8 Å². The smallest absolute Gasteiger partial charge is 0.411 e. The first-order valence-corrected chi connectivity index (χ1v) is 14.6. The number of carbonyl (C=O) groups excluding carboxylic acids is 3. The van der Waals surface area contributed by atoms with Crippen LogP contribution in [-0.4, -0.2) is 52.7 Å². The minimum Gasteiger partial charge on any atom is -0.453 e. The van der Waals surface area contributed by atoms with E-state index in [1.165, 1.54) is 13.2 Å². The van der Waals surface area contributed by atoms with Crippen molar-refractivity contribution in [3.05, 3.63) is 64.4 Å². The normalized spacial score (nSPS) is 21.5. The average Bonchev–Trinajstić information content (AvgIpc) is 3.45. The number of anilines is 2. The van der Waals surface area contributed by atoms with E-state index in [9.17, 15) is 14.4 Å². The van der Waals surface area contributed by atoms with Gasteiger partial charge >= 0.3 is 12.2 Å². The molecule has 1 fully saturated rings. The van der Waals surface area contributed by atoms with Gasteiger partial charge in [-0.25, -0.2) is 19.0 Å². The van der Waals surface area contributed by atoms with Gasteiger partial charge in [0.2, 0.25) is 5.91 Å². The number of cyclic esters (lactones) is 1. The van der Waals surface area contributed by atoms with Gasteiger partial charge in [0, 0.05) is 35.7 Å². The molecule has 4 rings (SSSR count). The number of H-pyrrole nitrogens is 1. The molecule has 10 nitrogen and oxygen atoms in total. The van der Waals surface area contributed by atoms with Crippen LogP contribution in [0.3, 0.4) is 0 Å². The SMILES string of the molecule is C/C=C\C(Cl)=C(\F)C(=C(C)C)[C@H]1CCN(C2CCCC(C)C(=O)Nc3cc(NC(=O)OC)ccc3-c3cnc2[nH]3)C(=O)O1. The number of imidazole rings is 1. The number of nitrogens with zero attached hydrogens (tertiary/aromatic N) is 2. The highest BCUT2D eigenvalue weighted by Crippen LogP contribution is 2.37. The topological polar surface area (TPSA) is 126 Å². The number of ether oxygens (including phenoxy) is 2. The van der Waals surface area contributed by atoms with Crippen LogP contribution in [-0.2, 0) is 14.3 Å². The molecule has 2 aliphatic heterocycles. The monoisotopic (exact) mass is 613 g/mol. The van der Waals surface area contributed by atoms with Crippen molar-refractivity contribution in [2.75, 3.05) is 24.3 Å². The van der Waals surface area contributed by atoms with Crippen LogP contribution < -0.4 is 10.6 Å². The Balaban J connectivity index is 1.65. The fourth-order valence-corrected chi connectivity index (χ4v) is 5.56. The Labute approximate surface area is 255 Å². The van der Waals surface area contributed by atoms with E-state index in [4.69, 9.17) is 16.3 Å². The first-order valence-electron chi connectivity index (χ1n) is 14.2. The lowest BCUT2D eigenvalue weighted by molar-refractivity contribution is -0.119. The lowest BCUT2D eigenvalue weighted by Gasteiger charge is -2.37. The van der Waals surface area contributed by atoms with Gasteiger partial charge in [0.15, 0.2) is 0 Å². The third-order valence-electron chi connectivity index (χ3n) is 7.58. The summed E-state index contributed by atoms with van der Waals surface area (Å²) in [6, 6.07) is 4.64. The van der Waals surface area contributed by atoms with Crippen LogP contribution in [0.4, 0.5) is 25.4 Å². The van der Waals surface area contributed by atoms with E-state index in [1.54, 1.807) is 56.1 Å². The molecular weight excluding hydrogens is 577 g/mol. The quantitative estimate of drug-likeness (QED) is 0.298. The van der Waals surface area contributed by atoms with Crippen LogP contribution >= 0.6 is 11.6 Å². The summed E-state index contributed by atoms with van der Waals surface area (Å²) in [5, 5.41) is 5.53. The number of allylic oxidation sites excluding steroid dienone is 4. The molecular formula is C31H37ClFN5O5. The summed E-state index contributed by atoms with van der Waals surface area (Å²) >= 11 is 6.15. The Kier molecular flexibility index (Phi) is 10.3. The molecule has 2 unspecified atom stereocenters. The molecule has 1 aromatic carbocycles. The lowest BCUT2D eigenvalue weighted by Crippen LogP contribution is -2.45. The number of halogens is 2. The summed E-state index contributed by atoms with van der Waals surface area (Å²) < 4.78 is 25.8. The maximum Gasteiger partial charge on any atom is 0.411 e. The molecule has 0 spiro atoms. The predicted octanol–water partition coefficient (Wildman–Crippen LogP) is 7.60. The summed E-state index contributed by atoms with van der Waals surface area (Å²) in [4.78, 5) is 47.9. The molecule has 0 saturated carbocycles. The number of hydrogen-bond donors (Lipinski definition) is 3. The standard InChI is InChI=1S/C31H37ClFN5O5/c1-6-8-21(32)27(33)26(17(2)3)25-13-14-38(31(41)43-25)24-10-7-9-18(4)29(39)37-22-15-19(35-30(40)42-5)11-12-20(22)23-16-34-28(24)36-23/h6,8,11-12,15-16,18,24-25H,7,9-10,13-14H2,1-5H3,(H,34,36)(H,35,40)(H,37,39)/b8-6-,27-21-/t18?,24?,25-/m1/s1. The number of carbonyl (C=O) groups is 3. The molecule has 43 heavy (non-hydrogen) atoms. The number of benzene rings is 1. The van der Waals surface area contributed by atoms with Gasteiger partial charge in [-0.3, -0.25) is 15.0 Å². The molecule has 0 radical (unpaired) electrons. The maximum absolute atomic E-state index is 15.3. The molecule has 3 atom stereocenters. The Morgan fingerprint density at radius 1 is 1.26 bits per heavy atom. The zero-order chi connectivity index (χ0) is 31.3. The van der Waals surface area contributed by atoms with E-state index in [2.05, 4.69) is 25.3 Å². The Hall–Kier alpha value is -4.12. The van der Waals surface area contributed by atoms with Crippen LogP contribution in [0.2, 0.25) is 0 Å². The van der Waals surface area contributed by atoms with Crippen molar-refractivity contribution in [2.45, 2.75) is 65.5 Å². The Morgan fingerprint density at radius 3 is 2.70 bits per heavy atom. The second-order valence-electron chi connectivity index (χ2n) is 10.8. The van der Waals surface area contributed by atoms with Crippen molar-refractivity contribution in [1.29, 1.82) is 0 Å². The van der Waals surface area contributed by atoms with Crippen LogP contribution in [0.25, 0.3) is 11.3 Å². The van der Waals surface area contributed by atoms with Crippen molar-refractivity contribution in [3.8, 4) is 11.3 Å². The summed E-state index contributed by atoms with van der Waals surface area (Å²) in [5.41, 5.74) is 3.15. The number of aromatic nitrogens is 2. The van der Waals surface area contributed by atoms with Gasteiger partial charge in [0.25, 0.3) is 0 Å². The maximum atomic E-state index is 15.3. The highest BCUT2D eigenvalue weighted by molar-refractivity contribution is 6.31. The van der Waals surface area contributed by atoms with Crippen LogP contribution in [0.5, 0.6) is 0 Å². The Bertz CT molecular complexity index is 1480. The zero-order valence-electron chi connectivity index (χ0n) is 24.9. The first kappa shape index (κ1) is 31.8. The second kappa shape index (κ2) is 13.9. The van der Waals surface area contributed by atoms with E-state index in [0.29, 0.717) is 66.3 Å². The van der Waals surface area contributed by atoms with E-state index in [0.717, 1.165) is 0 Å². The van der Waals surface area contributed by atoms with Gasteiger partial charge in [0.1, 0.15) is 17.8 Å². The highest BCUT2D eigenvalue weighted by Gasteiger charge is 2.37. The highest BCUT2D eigenvalue weighted by atomic mass is 35.5. The number of fused-ring (bicyclic) bond motifs is 4. The number of hydrogen-bond acceptors (Lipinski definition) is 6. The van der Waals surface area contributed by atoms with Crippen LogP contribution in [0.1, 0.15) is 65.2 Å². The number of aromatic amines is 1. The summed E-state index contributed by atoms with van der Waals surface area (Å²) in [7, 11) is 1.27. The van der Waals surface area contributed by atoms with E-state index in [1.807, 2.05) is 6.92 Å². The molecule has 230 valence electrons. The third-order valence-corrected chi connectivity index (χ3v) is 7.87. The van der Waals surface area contributed by atoms with Gasteiger partial charge in [-0.2, -0.15) is 0 Å². The molecule has 2 aliphatic rings. The number of rotatable bonds is 5. The fourth-order valence-electron chi connectivity index (χ4n) is 5.33. The molecule has 12 heteroatoms. The van der Waals surface area contributed by atoms with Gasteiger partial charge in [-0.15, -0.1) is 0 Å². The number of amides is 3. The van der Waals surface area contributed by atoms with E-state index in [-0.39, 0.29) is 22.4 Å². The summed E-state index contributed by atoms with van der Waals surface area (Å²) in [5.74, 6) is -0.531. The Morgan fingerprint density at radius 2 is 2.02 bits per heavy atom. The number of methoxy groups -OCH3 is 1. The fraction of sp³-hybridized carbons (Fsp3) is 0.419. The summed E-state index contributed by atoms with van der Waals surface area (Å²) in [6.45, 7) is 7.42. The van der Waals surface area contributed by atoms with Crippen LogP contribution in [0.15, 0.2) is 58.6 Å². The second-order valence-corrected chi connectivity index (χ2v) is 11.2. The van der Waals surface area contributed by atoms with Crippen molar-refractivity contribution < 1.29 is 28.2 Å². The average molecular weight is 614 g/mol. The van der Waals surface area contributed by atoms with E-state index >= 15 is 4.39 Å². The lowest BCUT2D eigenvalue weighted by atomic mass is 9.96. The first-order chi connectivity index (χ1) is 20.5. The molecule has 3 N–H and O–H groups in total. The van der Waals surface area contributed by atoms with E-state index < -0.39 is 30.2 Å². The predicted molar refractivity (Wildman–Crippen MR) is 163 cm³/mol. The molecule has 2 bridgehead atoms. The molecule has 3 amide bonds. The van der Waals surface area contributed by atoms with Crippen molar-refractivity contribution >= 4 is 41.1 Å². The van der Waals surface area contributed by atoms with Crippen molar-refractivity contribution in [2.24, 2.45) is 5.92 Å². The molecule has 1 saturated heterocycles. The zero-order valence-corrected chi connectivity index (χ0v) is 25.7. The van der Waals surface area contributed by atoms with Crippen molar-refractivity contribution in [1.82, 2.24) is 14.9 Å². The van der Waals surface area contributed by atoms with Gasteiger partial charge in [-0.05, 0) is 57.9 Å². The van der Waals surface area contributed by atoms with Gasteiger partial charge < -0.3 is 19.8 Å². The summed E-state index contributed by atoms with van der Waals surface area (Å²) in [6.07, 6.45) is 4.86. The molecule has 3 heterocycles. The largest absolute Gasteiger partial charge is 0.453 e. The molecule has 0 aliphatic carbocycles. The minimum absolute atomic E-state index is 0.0498.